The standard InChI is InChI=1S/C12H13N3O3S2/c1-3-18-10(16)9-7(2)13-12(20-9)15-11(17)14-8-5-4-6-19-8/h4-6H,3H2,1-2H3,(H2,13,14,15,17). The molecule has 0 bridgehead atoms. The van der Waals surface area contributed by atoms with Crippen LogP contribution in [0.4, 0.5) is 14.9 Å². The van der Waals surface area contributed by atoms with E-state index in [1.807, 2.05) is 11.4 Å². The van der Waals surface area contributed by atoms with Crippen molar-refractivity contribution in [2.45, 2.75) is 13.8 Å². The number of amides is 2. The van der Waals surface area contributed by atoms with Crippen LogP contribution < -0.4 is 10.6 Å². The summed E-state index contributed by atoms with van der Waals surface area (Å²) < 4.78 is 4.92. The number of aryl methyl sites for hydroxylation is 1. The highest BCUT2D eigenvalue weighted by molar-refractivity contribution is 7.17. The summed E-state index contributed by atoms with van der Waals surface area (Å²) >= 11 is 2.51. The summed E-state index contributed by atoms with van der Waals surface area (Å²) in [4.78, 5) is 27.9. The summed E-state index contributed by atoms with van der Waals surface area (Å²) in [6.45, 7) is 3.74. The smallest absolute Gasteiger partial charge is 0.350 e. The van der Waals surface area contributed by atoms with Crippen molar-refractivity contribution in [2.24, 2.45) is 0 Å². The van der Waals surface area contributed by atoms with E-state index < -0.39 is 12.0 Å². The summed E-state index contributed by atoms with van der Waals surface area (Å²) in [6, 6.07) is 3.24. The second-order valence-electron chi connectivity index (χ2n) is 3.71. The van der Waals surface area contributed by atoms with Gasteiger partial charge in [0.25, 0.3) is 0 Å². The van der Waals surface area contributed by atoms with Gasteiger partial charge in [0.1, 0.15) is 4.88 Å². The predicted molar refractivity (Wildman–Crippen MR) is 79.8 cm³/mol. The van der Waals surface area contributed by atoms with E-state index in [1.54, 1.807) is 19.9 Å². The highest BCUT2D eigenvalue weighted by Crippen LogP contribution is 2.24. The molecular weight excluding hydrogens is 298 g/mol. The van der Waals surface area contributed by atoms with Crippen LogP contribution in [0.25, 0.3) is 0 Å². The number of carbonyl (C=O) groups excluding carboxylic acids is 2. The highest BCUT2D eigenvalue weighted by atomic mass is 32.1. The molecule has 2 amide bonds. The Hall–Kier alpha value is -1.93. The number of urea groups is 1. The van der Waals surface area contributed by atoms with Crippen LogP contribution in [0.3, 0.4) is 0 Å². The maximum Gasteiger partial charge on any atom is 0.350 e. The number of nitrogens with one attached hydrogen (secondary N) is 2. The van der Waals surface area contributed by atoms with Crippen LogP contribution in [0, 0.1) is 6.92 Å². The number of anilines is 2. The lowest BCUT2D eigenvalue weighted by Gasteiger charge is -2.01. The molecule has 106 valence electrons. The first-order valence-electron chi connectivity index (χ1n) is 5.86. The third kappa shape index (κ3) is 3.55. The molecular formula is C12H13N3O3S2. The van der Waals surface area contributed by atoms with E-state index in [0.29, 0.717) is 22.3 Å². The largest absolute Gasteiger partial charge is 0.462 e. The zero-order valence-electron chi connectivity index (χ0n) is 10.9. The number of hydrogen-bond acceptors (Lipinski definition) is 6. The Balaban J connectivity index is 2.01. The Labute approximate surface area is 123 Å². The molecule has 0 atom stereocenters. The van der Waals surface area contributed by atoms with Gasteiger partial charge in [0.2, 0.25) is 0 Å². The fourth-order valence-corrected chi connectivity index (χ4v) is 2.89. The number of aromatic nitrogens is 1. The molecule has 2 aromatic rings. The van der Waals surface area contributed by atoms with Crippen molar-refractivity contribution in [3.8, 4) is 0 Å². The van der Waals surface area contributed by atoms with Gasteiger partial charge in [-0.2, -0.15) is 0 Å². The minimum Gasteiger partial charge on any atom is -0.462 e. The number of esters is 1. The van der Waals surface area contributed by atoms with E-state index in [1.165, 1.54) is 11.3 Å². The Bertz CT molecular complexity index is 608. The third-order valence-corrected chi connectivity index (χ3v) is 4.07. The van der Waals surface area contributed by atoms with E-state index in [0.717, 1.165) is 16.3 Å². The van der Waals surface area contributed by atoms with Crippen LogP contribution in [-0.2, 0) is 4.74 Å². The molecule has 0 saturated heterocycles. The number of rotatable bonds is 4. The zero-order chi connectivity index (χ0) is 14.5. The number of hydrogen-bond donors (Lipinski definition) is 2. The van der Waals surface area contributed by atoms with Gasteiger partial charge in [0, 0.05) is 0 Å². The second kappa shape index (κ2) is 6.49. The van der Waals surface area contributed by atoms with Crippen LogP contribution >= 0.6 is 22.7 Å². The molecule has 0 unspecified atom stereocenters. The van der Waals surface area contributed by atoms with E-state index in [2.05, 4.69) is 15.6 Å². The third-order valence-electron chi connectivity index (χ3n) is 2.24. The summed E-state index contributed by atoms with van der Waals surface area (Å²) in [6.07, 6.45) is 0. The Morgan fingerprint density at radius 2 is 2.20 bits per heavy atom. The molecule has 2 N–H and O–H groups in total. The quantitative estimate of drug-likeness (QED) is 0.849. The minimum atomic E-state index is -0.422. The predicted octanol–water partition coefficient (Wildman–Crippen LogP) is 3.33. The average molecular weight is 311 g/mol. The van der Waals surface area contributed by atoms with E-state index in [-0.39, 0.29) is 0 Å². The molecule has 2 heterocycles. The number of ether oxygens (including phenoxy) is 1. The molecule has 0 aliphatic carbocycles. The van der Waals surface area contributed by atoms with Crippen LogP contribution in [-0.4, -0.2) is 23.6 Å². The van der Waals surface area contributed by atoms with Gasteiger partial charge in [-0.15, -0.1) is 11.3 Å². The average Bonchev–Trinajstić information content (AvgIpc) is 2.99. The fraction of sp³-hybridized carbons (Fsp3) is 0.250. The van der Waals surface area contributed by atoms with Gasteiger partial charge < -0.3 is 4.74 Å². The Kier molecular flexibility index (Phi) is 4.70. The molecule has 0 aromatic carbocycles. The Morgan fingerprint density at radius 3 is 2.85 bits per heavy atom. The Morgan fingerprint density at radius 1 is 1.40 bits per heavy atom. The number of nitrogens with zero attached hydrogens (tertiary/aromatic N) is 1. The lowest BCUT2D eigenvalue weighted by Crippen LogP contribution is -2.18. The molecule has 0 fully saturated rings. The second-order valence-corrected chi connectivity index (χ2v) is 5.66. The van der Waals surface area contributed by atoms with Gasteiger partial charge in [-0.25, -0.2) is 14.6 Å². The van der Waals surface area contributed by atoms with Crippen molar-refractivity contribution < 1.29 is 14.3 Å². The molecule has 20 heavy (non-hydrogen) atoms. The fourth-order valence-electron chi connectivity index (χ4n) is 1.43. The van der Waals surface area contributed by atoms with Crippen molar-refractivity contribution >= 4 is 44.8 Å². The SMILES string of the molecule is CCOC(=O)c1sc(NC(=O)Nc2cccs2)nc1C. The highest BCUT2D eigenvalue weighted by Gasteiger charge is 2.17. The van der Waals surface area contributed by atoms with Gasteiger partial charge in [-0.3, -0.25) is 10.6 Å². The maximum atomic E-state index is 11.7. The summed E-state index contributed by atoms with van der Waals surface area (Å²) in [5, 5.41) is 8.23. The van der Waals surface area contributed by atoms with E-state index in [4.69, 9.17) is 4.74 Å². The molecule has 0 spiro atoms. The van der Waals surface area contributed by atoms with Crippen molar-refractivity contribution in [1.82, 2.24) is 4.98 Å². The number of thiazole rings is 1. The molecule has 0 saturated carbocycles. The van der Waals surface area contributed by atoms with Crippen LogP contribution in [0.1, 0.15) is 22.3 Å². The lowest BCUT2D eigenvalue weighted by molar-refractivity contribution is 0.0531. The molecule has 2 rings (SSSR count). The molecule has 2 aromatic heterocycles. The molecule has 0 aliphatic heterocycles. The van der Waals surface area contributed by atoms with Crippen LogP contribution in [0.5, 0.6) is 0 Å². The normalized spacial score (nSPS) is 10.1. The van der Waals surface area contributed by atoms with Crippen LogP contribution in [0.2, 0.25) is 0 Å². The molecule has 0 radical (unpaired) electrons. The molecule has 0 aliphatic rings. The first-order valence-corrected chi connectivity index (χ1v) is 7.55. The first kappa shape index (κ1) is 14.5. The van der Waals surface area contributed by atoms with Gasteiger partial charge in [-0.1, -0.05) is 11.3 Å². The monoisotopic (exact) mass is 311 g/mol. The van der Waals surface area contributed by atoms with Gasteiger partial charge in [0.05, 0.1) is 17.3 Å². The van der Waals surface area contributed by atoms with E-state index in [9.17, 15) is 9.59 Å². The van der Waals surface area contributed by atoms with E-state index >= 15 is 0 Å². The number of thiophene rings is 1. The molecule has 8 heteroatoms. The summed E-state index contributed by atoms with van der Waals surface area (Å²) in [5.41, 5.74) is 0.542. The van der Waals surface area contributed by atoms with Crippen molar-refractivity contribution in [3.05, 3.63) is 28.1 Å². The first-order chi connectivity index (χ1) is 9.60. The van der Waals surface area contributed by atoms with Gasteiger partial charge in [0.15, 0.2) is 5.13 Å². The maximum absolute atomic E-state index is 11.7. The van der Waals surface area contributed by atoms with Crippen molar-refractivity contribution in [2.75, 3.05) is 17.2 Å². The van der Waals surface area contributed by atoms with Gasteiger partial charge in [-0.05, 0) is 31.4 Å². The van der Waals surface area contributed by atoms with Crippen molar-refractivity contribution in [3.63, 3.8) is 0 Å². The minimum absolute atomic E-state index is 0.303. The number of carbonyl (C=O) groups is 2. The summed E-state index contributed by atoms with van der Waals surface area (Å²) in [5.74, 6) is -0.422. The molecule has 6 nitrogen and oxygen atoms in total. The van der Waals surface area contributed by atoms with Gasteiger partial charge >= 0.3 is 12.0 Å². The van der Waals surface area contributed by atoms with Crippen LogP contribution in [0.15, 0.2) is 17.5 Å². The topological polar surface area (TPSA) is 80.3 Å². The zero-order valence-corrected chi connectivity index (χ0v) is 12.6. The van der Waals surface area contributed by atoms with Crippen molar-refractivity contribution in [1.29, 1.82) is 0 Å². The summed E-state index contributed by atoms with van der Waals surface area (Å²) in [7, 11) is 0. The lowest BCUT2D eigenvalue weighted by atomic mass is 10.4.